The van der Waals surface area contributed by atoms with E-state index in [0.717, 1.165) is 31.2 Å². The lowest BCUT2D eigenvalue weighted by molar-refractivity contribution is -0.149. The maximum absolute atomic E-state index is 12.5. The Hall–Kier alpha value is -1.65. The van der Waals surface area contributed by atoms with Gasteiger partial charge in [0.05, 0.1) is 12.2 Å². The number of carbonyl (C=O) groups excluding carboxylic acids is 1. The van der Waals surface area contributed by atoms with Crippen molar-refractivity contribution >= 4 is 5.97 Å². The van der Waals surface area contributed by atoms with Gasteiger partial charge in [0, 0.05) is 6.42 Å². The second-order valence-corrected chi connectivity index (χ2v) is 13.4. The van der Waals surface area contributed by atoms with Crippen molar-refractivity contribution < 1.29 is 19.7 Å². The van der Waals surface area contributed by atoms with Crippen LogP contribution in [0.15, 0.2) is 42.0 Å². The van der Waals surface area contributed by atoms with Crippen molar-refractivity contribution in [3.8, 4) is 0 Å². The smallest absolute Gasteiger partial charge is 0.306 e. The van der Waals surface area contributed by atoms with Crippen LogP contribution in [0.25, 0.3) is 0 Å². The average Bonchev–Trinajstić information content (AvgIpc) is 3.25. The van der Waals surface area contributed by atoms with Crippen molar-refractivity contribution in [2.75, 3.05) is 0 Å². The molecule has 0 heterocycles. The van der Waals surface area contributed by atoms with Crippen molar-refractivity contribution in [1.29, 1.82) is 0 Å². The van der Waals surface area contributed by atoms with E-state index in [0.29, 0.717) is 48.5 Å². The number of carbonyl (C=O) groups is 1. The zero-order valence-corrected chi connectivity index (χ0v) is 23.4. The summed E-state index contributed by atoms with van der Waals surface area (Å²) < 4.78 is 5.55. The first-order valence-electron chi connectivity index (χ1n) is 14.9. The largest absolute Gasteiger partial charge is 0.461 e. The molecule has 4 heteroatoms. The predicted octanol–water partition coefficient (Wildman–Crippen LogP) is 6.69. The van der Waals surface area contributed by atoms with Crippen molar-refractivity contribution in [2.45, 2.75) is 104 Å². The topological polar surface area (TPSA) is 66.8 Å². The molecule has 5 rings (SSSR count). The van der Waals surface area contributed by atoms with Crippen LogP contribution < -0.4 is 0 Å². The van der Waals surface area contributed by atoms with Crippen molar-refractivity contribution in [2.24, 2.45) is 46.3 Å². The molecule has 10 atom stereocenters. The molecular weight excluding hydrogens is 460 g/mol. The number of hydrogen-bond donors (Lipinski definition) is 2. The third kappa shape index (κ3) is 4.71. The zero-order chi connectivity index (χ0) is 26.4. The third-order valence-corrected chi connectivity index (χ3v) is 11.7. The van der Waals surface area contributed by atoms with Crippen molar-refractivity contribution in [1.82, 2.24) is 0 Å². The Morgan fingerprint density at radius 1 is 1.05 bits per heavy atom. The number of benzene rings is 1. The summed E-state index contributed by atoms with van der Waals surface area (Å²) >= 11 is 0. The van der Waals surface area contributed by atoms with Crippen LogP contribution in [0.1, 0.15) is 91.0 Å². The Balaban J connectivity index is 1.26. The van der Waals surface area contributed by atoms with E-state index < -0.39 is 0 Å². The van der Waals surface area contributed by atoms with E-state index in [1.165, 1.54) is 31.3 Å². The Bertz CT molecular complexity index is 987. The fourth-order valence-electron chi connectivity index (χ4n) is 9.81. The first kappa shape index (κ1) is 26.9. The molecule has 4 fully saturated rings. The average molecular weight is 509 g/mol. The van der Waals surface area contributed by atoms with Gasteiger partial charge in [-0.1, -0.05) is 57.2 Å². The number of aliphatic hydroxyl groups is 2. The molecular formula is C33H48O4. The van der Waals surface area contributed by atoms with Gasteiger partial charge in [-0.25, -0.2) is 0 Å². The number of aliphatic hydroxyl groups excluding tert-OH is 2. The lowest BCUT2D eigenvalue weighted by Gasteiger charge is -2.63. The van der Waals surface area contributed by atoms with Gasteiger partial charge in [-0.15, -0.1) is 0 Å². The normalized spacial score (nSPS) is 43.0. The number of hydrogen-bond acceptors (Lipinski definition) is 4. The van der Waals surface area contributed by atoms with Crippen LogP contribution in [-0.2, 0) is 16.1 Å². The summed E-state index contributed by atoms with van der Waals surface area (Å²) in [5.74, 6) is 2.63. The second-order valence-electron chi connectivity index (χ2n) is 13.4. The van der Waals surface area contributed by atoms with Crippen LogP contribution in [-0.4, -0.2) is 28.4 Å². The summed E-state index contributed by atoms with van der Waals surface area (Å²) in [6.07, 6.45) is 10.4. The molecule has 204 valence electrons. The summed E-state index contributed by atoms with van der Waals surface area (Å²) in [7, 11) is 0. The highest BCUT2D eigenvalue weighted by atomic mass is 16.5. The first-order chi connectivity index (χ1) is 17.7. The van der Waals surface area contributed by atoms with Gasteiger partial charge in [-0.05, 0) is 116 Å². The molecule has 4 nitrogen and oxygen atoms in total. The van der Waals surface area contributed by atoms with Crippen LogP contribution in [0.2, 0.25) is 0 Å². The van der Waals surface area contributed by atoms with Gasteiger partial charge in [0.15, 0.2) is 0 Å². The fraction of sp³-hybridized carbons (Fsp3) is 0.727. The third-order valence-electron chi connectivity index (χ3n) is 11.7. The molecule has 0 spiro atoms. The van der Waals surface area contributed by atoms with Crippen LogP contribution in [0, 0.1) is 46.3 Å². The van der Waals surface area contributed by atoms with E-state index in [2.05, 4.69) is 33.8 Å². The maximum atomic E-state index is 12.5. The van der Waals surface area contributed by atoms with E-state index in [4.69, 9.17) is 4.74 Å². The molecule has 37 heavy (non-hydrogen) atoms. The van der Waals surface area contributed by atoms with Crippen LogP contribution in [0.3, 0.4) is 0 Å². The maximum Gasteiger partial charge on any atom is 0.306 e. The molecule has 4 aliphatic rings. The van der Waals surface area contributed by atoms with Gasteiger partial charge in [-0.2, -0.15) is 0 Å². The van der Waals surface area contributed by atoms with E-state index in [1.807, 2.05) is 30.3 Å². The Labute approximate surface area is 223 Å². The van der Waals surface area contributed by atoms with Crippen molar-refractivity contribution in [3.63, 3.8) is 0 Å². The summed E-state index contributed by atoms with van der Waals surface area (Å²) in [6.45, 7) is 9.73. The van der Waals surface area contributed by atoms with Gasteiger partial charge >= 0.3 is 5.97 Å². The fourth-order valence-corrected chi connectivity index (χ4v) is 9.81. The zero-order valence-electron chi connectivity index (χ0n) is 23.4. The lowest BCUT2D eigenvalue weighted by Crippen LogP contribution is -2.59. The number of allylic oxidation sites excluding steroid dienone is 1. The van der Waals surface area contributed by atoms with Gasteiger partial charge in [0.1, 0.15) is 6.61 Å². The lowest BCUT2D eigenvalue weighted by atomic mass is 9.42. The SMILES string of the molecule is C/C=C1/C(O)C2C(CC[C@@]3(C)C2CC[C@@H]3[C@H](C)CCC(=O)OCc2ccccc2)[C@@]2(C)CC[C@@H](O)CC12. The summed E-state index contributed by atoms with van der Waals surface area (Å²) in [4.78, 5) is 12.5. The van der Waals surface area contributed by atoms with Crippen LogP contribution >= 0.6 is 0 Å². The number of rotatable bonds is 6. The Morgan fingerprint density at radius 2 is 1.76 bits per heavy atom. The molecule has 0 bridgehead atoms. The minimum Gasteiger partial charge on any atom is -0.461 e. The summed E-state index contributed by atoms with van der Waals surface area (Å²) in [5.41, 5.74) is 2.62. The minimum absolute atomic E-state index is 0.0991. The Morgan fingerprint density at radius 3 is 2.49 bits per heavy atom. The first-order valence-corrected chi connectivity index (χ1v) is 14.9. The van der Waals surface area contributed by atoms with Gasteiger partial charge < -0.3 is 14.9 Å². The van der Waals surface area contributed by atoms with Crippen LogP contribution in [0.4, 0.5) is 0 Å². The molecule has 1 aromatic carbocycles. The molecule has 0 aromatic heterocycles. The quantitative estimate of drug-likeness (QED) is 0.332. The molecule has 4 saturated carbocycles. The number of esters is 1. The predicted molar refractivity (Wildman–Crippen MR) is 146 cm³/mol. The molecule has 5 unspecified atom stereocenters. The molecule has 1 aromatic rings. The molecule has 0 amide bonds. The van der Waals surface area contributed by atoms with E-state index in [1.54, 1.807) is 0 Å². The molecule has 4 aliphatic carbocycles. The molecule has 2 N–H and O–H groups in total. The number of ether oxygens (including phenoxy) is 1. The van der Waals surface area contributed by atoms with Crippen molar-refractivity contribution in [3.05, 3.63) is 47.5 Å². The summed E-state index contributed by atoms with van der Waals surface area (Å²) in [6, 6.07) is 9.89. The molecule has 0 aliphatic heterocycles. The summed E-state index contributed by atoms with van der Waals surface area (Å²) in [5, 5.41) is 22.3. The van der Waals surface area contributed by atoms with Gasteiger partial charge in [0.25, 0.3) is 0 Å². The van der Waals surface area contributed by atoms with E-state index >= 15 is 0 Å². The Kier molecular flexibility index (Phi) is 7.64. The number of fused-ring (bicyclic) bond motifs is 5. The van der Waals surface area contributed by atoms with E-state index in [-0.39, 0.29) is 29.0 Å². The van der Waals surface area contributed by atoms with E-state index in [9.17, 15) is 15.0 Å². The highest BCUT2D eigenvalue weighted by Gasteiger charge is 2.63. The standard InChI is InChI=1S/C33H48O4/c1-5-24-28-19-23(34)15-17-33(28,4)27-16-18-32(3)25(12-13-26(32)30(27)31(24)36)21(2)11-14-29(35)37-20-22-9-7-6-8-10-22/h5-10,21,23,25-28,30-31,34,36H,11-20H2,1-4H3/b24-5+/t21-,23-,25-,26?,27?,28?,30?,31?,32-,33-/m1/s1. The van der Waals surface area contributed by atoms with Gasteiger partial charge in [-0.3, -0.25) is 4.79 Å². The molecule has 0 saturated heterocycles. The van der Waals surface area contributed by atoms with Gasteiger partial charge in [0.2, 0.25) is 0 Å². The highest BCUT2D eigenvalue weighted by Crippen LogP contribution is 2.69. The van der Waals surface area contributed by atoms with Crippen LogP contribution in [0.5, 0.6) is 0 Å². The second kappa shape index (κ2) is 10.5. The highest BCUT2D eigenvalue weighted by molar-refractivity contribution is 5.69. The molecule has 0 radical (unpaired) electrons. The minimum atomic E-state index is -0.384. The monoisotopic (exact) mass is 508 g/mol.